The Labute approximate surface area is 186 Å². The number of furan rings is 1. The molecule has 3 N–H and O–H groups in total. The number of guanidine groups is 1. The summed E-state index contributed by atoms with van der Waals surface area (Å²) in [7, 11) is 1.70. The van der Waals surface area contributed by atoms with Crippen LogP contribution in [0.4, 0.5) is 5.69 Å². The molecule has 8 nitrogen and oxygen atoms in total. The minimum Gasteiger partial charge on any atom is -0.459 e. The van der Waals surface area contributed by atoms with Crippen molar-refractivity contribution in [3.05, 3.63) is 71.3 Å². The fraction of sp³-hybridized carbons (Fsp3) is 0.250. The molecule has 2 heterocycles. The number of halogens is 1. The molecule has 154 valence electrons. The fourth-order valence-electron chi connectivity index (χ4n) is 2.49. The van der Waals surface area contributed by atoms with Crippen LogP contribution < -0.4 is 16.0 Å². The predicted octanol–water partition coefficient (Wildman–Crippen LogP) is 3.62. The van der Waals surface area contributed by atoms with Crippen molar-refractivity contribution in [1.29, 1.82) is 0 Å². The second-order valence-electron chi connectivity index (χ2n) is 6.16. The van der Waals surface area contributed by atoms with E-state index in [-0.39, 0.29) is 35.6 Å². The first-order chi connectivity index (χ1) is 13.5. The Balaban J connectivity index is 0.00000300. The summed E-state index contributed by atoms with van der Waals surface area (Å²) >= 11 is 0. The van der Waals surface area contributed by atoms with Gasteiger partial charge in [-0.3, -0.25) is 9.79 Å². The molecule has 9 heteroatoms. The van der Waals surface area contributed by atoms with Crippen molar-refractivity contribution in [2.75, 3.05) is 12.4 Å². The van der Waals surface area contributed by atoms with Gasteiger partial charge in [0.05, 0.1) is 18.5 Å². The Morgan fingerprint density at radius 3 is 2.41 bits per heavy atom. The van der Waals surface area contributed by atoms with Crippen LogP contribution in [0.15, 0.2) is 56.5 Å². The molecule has 0 radical (unpaired) electrons. The van der Waals surface area contributed by atoms with Crippen LogP contribution in [0.3, 0.4) is 0 Å². The standard InChI is InChI=1S/C20H23N5O3.HI/c1-13-14(2)28-18(24-13)12-23-20(21-3)22-11-15-6-8-16(9-7-15)25-19(26)17-5-4-10-27-17;/h4-10H,11-12H2,1-3H3,(H,25,26)(H2,21,22,23);1H. The van der Waals surface area contributed by atoms with Gasteiger partial charge in [0.2, 0.25) is 5.89 Å². The SMILES string of the molecule is CN=C(NCc1ccc(NC(=O)c2ccco2)cc1)NCc1nc(C)c(C)o1.I. The maximum atomic E-state index is 12.0. The van der Waals surface area contributed by atoms with E-state index in [2.05, 4.69) is 25.9 Å². The molecular formula is C20H24IN5O3. The van der Waals surface area contributed by atoms with Gasteiger partial charge >= 0.3 is 0 Å². The molecule has 0 saturated heterocycles. The van der Waals surface area contributed by atoms with E-state index in [1.165, 1.54) is 6.26 Å². The molecule has 1 aromatic carbocycles. The number of carbonyl (C=O) groups excluding carboxylic acids is 1. The molecule has 2 aromatic heterocycles. The zero-order valence-corrected chi connectivity index (χ0v) is 18.8. The summed E-state index contributed by atoms with van der Waals surface area (Å²) in [5.74, 6) is 2.08. The van der Waals surface area contributed by atoms with Crippen LogP contribution in [0.5, 0.6) is 0 Å². The number of benzene rings is 1. The van der Waals surface area contributed by atoms with Crippen molar-refractivity contribution < 1.29 is 13.6 Å². The average molecular weight is 509 g/mol. The van der Waals surface area contributed by atoms with Gasteiger partial charge in [0.1, 0.15) is 5.76 Å². The zero-order chi connectivity index (χ0) is 19.9. The molecule has 0 fully saturated rings. The van der Waals surface area contributed by atoms with Crippen LogP contribution in [0.25, 0.3) is 0 Å². The van der Waals surface area contributed by atoms with Gasteiger partial charge in [-0.1, -0.05) is 12.1 Å². The van der Waals surface area contributed by atoms with E-state index >= 15 is 0 Å². The number of oxazole rings is 1. The minimum atomic E-state index is -0.280. The van der Waals surface area contributed by atoms with Crippen LogP contribution in [0.2, 0.25) is 0 Å². The van der Waals surface area contributed by atoms with Crippen molar-refractivity contribution in [3.8, 4) is 0 Å². The smallest absolute Gasteiger partial charge is 0.291 e. The number of hydrogen-bond donors (Lipinski definition) is 3. The third-order valence-corrected chi connectivity index (χ3v) is 4.12. The molecular weight excluding hydrogens is 485 g/mol. The van der Waals surface area contributed by atoms with Crippen molar-refractivity contribution in [3.63, 3.8) is 0 Å². The largest absolute Gasteiger partial charge is 0.459 e. The van der Waals surface area contributed by atoms with E-state index in [1.54, 1.807) is 19.2 Å². The first kappa shape index (κ1) is 22.5. The normalized spacial score (nSPS) is 10.9. The van der Waals surface area contributed by atoms with Gasteiger partial charge in [-0.2, -0.15) is 0 Å². The molecule has 0 aliphatic rings. The summed E-state index contributed by atoms with van der Waals surface area (Å²) in [6.07, 6.45) is 1.47. The van der Waals surface area contributed by atoms with E-state index in [9.17, 15) is 4.79 Å². The molecule has 3 rings (SSSR count). The maximum Gasteiger partial charge on any atom is 0.291 e. The van der Waals surface area contributed by atoms with E-state index in [4.69, 9.17) is 8.83 Å². The Kier molecular flexibility index (Phi) is 8.25. The maximum absolute atomic E-state index is 12.0. The molecule has 0 bridgehead atoms. The summed E-state index contributed by atoms with van der Waals surface area (Å²) in [6.45, 7) is 4.83. The lowest BCUT2D eigenvalue weighted by atomic mass is 10.2. The van der Waals surface area contributed by atoms with Crippen LogP contribution in [-0.4, -0.2) is 23.9 Å². The molecule has 29 heavy (non-hydrogen) atoms. The Bertz CT molecular complexity index is 930. The number of amides is 1. The summed E-state index contributed by atoms with van der Waals surface area (Å²) in [5, 5.41) is 9.18. The number of aliphatic imine (C=N–C) groups is 1. The lowest BCUT2D eigenvalue weighted by molar-refractivity contribution is 0.0996. The predicted molar refractivity (Wildman–Crippen MR) is 122 cm³/mol. The molecule has 0 spiro atoms. The number of aryl methyl sites for hydroxylation is 2. The number of anilines is 1. The van der Waals surface area contributed by atoms with Gasteiger partial charge in [-0.15, -0.1) is 24.0 Å². The third-order valence-electron chi connectivity index (χ3n) is 4.12. The number of aromatic nitrogens is 1. The van der Waals surface area contributed by atoms with Gasteiger partial charge in [-0.05, 0) is 43.7 Å². The van der Waals surface area contributed by atoms with Crippen LogP contribution in [-0.2, 0) is 13.1 Å². The van der Waals surface area contributed by atoms with E-state index in [0.717, 1.165) is 17.0 Å². The highest BCUT2D eigenvalue weighted by molar-refractivity contribution is 14.0. The molecule has 0 saturated carbocycles. The number of nitrogens with zero attached hydrogens (tertiary/aromatic N) is 2. The van der Waals surface area contributed by atoms with E-state index in [0.29, 0.717) is 30.6 Å². The van der Waals surface area contributed by atoms with Crippen LogP contribution in [0, 0.1) is 13.8 Å². The Morgan fingerprint density at radius 1 is 1.10 bits per heavy atom. The highest BCUT2D eigenvalue weighted by Gasteiger charge is 2.09. The lowest BCUT2D eigenvalue weighted by Gasteiger charge is -2.11. The van der Waals surface area contributed by atoms with E-state index < -0.39 is 0 Å². The fourth-order valence-corrected chi connectivity index (χ4v) is 2.49. The second kappa shape index (κ2) is 10.6. The highest BCUT2D eigenvalue weighted by Crippen LogP contribution is 2.12. The Hall–Kier alpha value is -2.82. The van der Waals surface area contributed by atoms with Crippen molar-refractivity contribution >= 4 is 41.5 Å². The van der Waals surface area contributed by atoms with Gasteiger partial charge in [0.15, 0.2) is 11.7 Å². The molecule has 0 aliphatic carbocycles. The number of rotatable bonds is 6. The van der Waals surface area contributed by atoms with Crippen molar-refractivity contribution in [2.45, 2.75) is 26.9 Å². The first-order valence-electron chi connectivity index (χ1n) is 8.86. The monoisotopic (exact) mass is 509 g/mol. The number of hydrogen-bond acceptors (Lipinski definition) is 5. The highest BCUT2D eigenvalue weighted by atomic mass is 127. The van der Waals surface area contributed by atoms with Gasteiger partial charge < -0.3 is 24.8 Å². The minimum absolute atomic E-state index is 0. The molecule has 3 aromatic rings. The second-order valence-corrected chi connectivity index (χ2v) is 6.16. The molecule has 1 amide bonds. The molecule has 0 aliphatic heterocycles. The van der Waals surface area contributed by atoms with Gasteiger partial charge in [-0.25, -0.2) is 4.98 Å². The average Bonchev–Trinajstić information content (AvgIpc) is 3.34. The Morgan fingerprint density at radius 2 is 1.83 bits per heavy atom. The summed E-state index contributed by atoms with van der Waals surface area (Å²) in [6, 6.07) is 10.8. The van der Waals surface area contributed by atoms with Crippen LogP contribution >= 0.6 is 24.0 Å². The van der Waals surface area contributed by atoms with E-state index in [1.807, 2.05) is 38.1 Å². The summed E-state index contributed by atoms with van der Waals surface area (Å²) in [4.78, 5) is 20.5. The number of carbonyl (C=O) groups is 1. The van der Waals surface area contributed by atoms with Crippen molar-refractivity contribution in [1.82, 2.24) is 15.6 Å². The summed E-state index contributed by atoms with van der Waals surface area (Å²) in [5.41, 5.74) is 2.63. The van der Waals surface area contributed by atoms with Crippen molar-refractivity contribution in [2.24, 2.45) is 4.99 Å². The first-order valence-corrected chi connectivity index (χ1v) is 8.86. The van der Waals surface area contributed by atoms with Gasteiger partial charge in [0.25, 0.3) is 5.91 Å². The lowest BCUT2D eigenvalue weighted by Crippen LogP contribution is -2.36. The topological polar surface area (TPSA) is 105 Å². The van der Waals surface area contributed by atoms with Crippen LogP contribution in [0.1, 0.15) is 33.5 Å². The zero-order valence-electron chi connectivity index (χ0n) is 16.5. The quantitative estimate of drug-likeness (QED) is 0.267. The number of nitrogens with one attached hydrogen (secondary N) is 3. The van der Waals surface area contributed by atoms with Gasteiger partial charge in [0, 0.05) is 19.3 Å². The third kappa shape index (κ3) is 6.34. The molecule has 0 unspecified atom stereocenters. The molecule has 0 atom stereocenters. The summed E-state index contributed by atoms with van der Waals surface area (Å²) < 4.78 is 10.6.